The van der Waals surface area contributed by atoms with Crippen molar-refractivity contribution in [2.45, 2.75) is 146 Å². The molecule has 4 unspecified atom stereocenters. The Morgan fingerprint density at radius 1 is 0.870 bits per heavy atom. The van der Waals surface area contributed by atoms with E-state index in [1.165, 1.54) is 91.2 Å². The molecule has 2 aliphatic rings. The van der Waals surface area contributed by atoms with Crippen LogP contribution in [0.3, 0.4) is 0 Å². The lowest BCUT2D eigenvalue weighted by molar-refractivity contribution is -0.0539. The molecule has 0 radical (unpaired) electrons. The number of rotatable bonds is 18. The molecule has 262 valence electrons. The Morgan fingerprint density at radius 3 is 2.00 bits per heavy atom. The van der Waals surface area contributed by atoms with Crippen molar-refractivity contribution in [2.24, 2.45) is 22.7 Å². The van der Waals surface area contributed by atoms with Crippen LogP contribution in [0.15, 0.2) is 70.4 Å². The fraction of sp³-hybridized carbons (Fsp3) is 0.700. The van der Waals surface area contributed by atoms with Gasteiger partial charge in [0.1, 0.15) is 0 Å². The highest BCUT2D eigenvalue weighted by Gasteiger charge is 2.52. The second-order valence-electron chi connectivity index (χ2n) is 15.2. The van der Waals surface area contributed by atoms with Crippen LogP contribution in [-0.2, 0) is 9.09 Å². The Bertz CT molecular complexity index is 1080. The first-order chi connectivity index (χ1) is 21.8. The highest BCUT2D eigenvalue weighted by atomic mass is 32.0. The Hall–Kier alpha value is -0.210. The number of hydrogen-bond acceptors (Lipinski definition) is 2. The molecule has 0 aromatic rings. The van der Waals surface area contributed by atoms with Crippen LogP contribution in [-0.4, -0.2) is 12.8 Å². The van der Waals surface area contributed by atoms with Crippen LogP contribution in [0.5, 0.6) is 0 Å². The average molecular weight is 707 g/mol. The molecule has 2 saturated carbocycles. The molecule has 0 spiro atoms. The van der Waals surface area contributed by atoms with Gasteiger partial charge < -0.3 is 4.52 Å². The van der Waals surface area contributed by atoms with Crippen LogP contribution in [0.2, 0.25) is 0 Å². The Balaban J connectivity index is 0.000000460. The molecule has 2 fully saturated rings. The van der Waals surface area contributed by atoms with Crippen molar-refractivity contribution in [3.8, 4) is 0 Å². The second kappa shape index (κ2) is 24.0. The number of hydrogen-bond donors (Lipinski definition) is 0. The van der Waals surface area contributed by atoms with Crippen molar-refractivity contribution in [2.75, 3.05) is 12.8 Å². The fourth-order valence-electron chi connectivity index (χ4n) is 7.76. The molecular weight excluding hydrogens is 636 g/mol. The highest BCUT2D eigenvalue weighted by molar-refractivity contribution is 8.06. The van der Waals surface area contributed by atoms with Crippen molar-refractivity contribution < 1.29 is 9.09 Å². The third-order valence-electron chi connectivity index (χ3n) is 10.5. The Kier molecular flexibility index (Phi) is 22.9. The minimum absolute atomic E-state index is 0.283. The summed E-state index contributed by atoms with van der Waals surface area (Å²) in [5, 5.41) is 0. The summed E-state index contributed by atoms with van der Waals surface area (Å²) in [6.45, 7) is 26.1. The van der Waals surface area contributed by atoms with Gasteiger partial charge in [0.2, 0.25) is 0 Å². The second-order valence-corrected chi connectivity index (χ2v) is 18.8. The third kappa shape index (κ3) is 17.4. The van der Waals surface area contributed by atoms with E-state index in [1.807, 2.05) is 0 Å². The van der Waals surface area contributed by atoms with Gasteiger partial charge in [0.25, 0.3) is 0 Å². The summed E-state index contributed by atoms with van der Waals surface area (Å²) in [7, 11) is 3.95. The van der Waals surface area contributed by atoms with Crippen molar-refractivity contribution in [1.82, 2.24) is 0 Å². The summed E-state index contributed by atoms with van der Waals surface area (Å²) >= 11 is 0. The minimum atomic E-state index is 0.283. The van der Waals surface area contributed by atoms with Gasteiger partial charge in [-0.05, 0) is 156 Å². The summed E-state index contributed by atoms with van der Waals surface area (Å²) in [6.07, 6.45) is 28.7. The summed E-state index contributed by atoms with van der Waals surface area (Å²) < 4.78 is 15.8. The number of fused-ring (bicyclic) bond motifs is 1. The quantitative estimate of drug-likeness (QED) is 0.0806. The van der Waals surface area contributed by atoms with E-state index in [2.05, 4.69) is 108 Å². The molecule has 0 aromatic heterocycles. The molecule has 0 N–H and O–H groups in total. The number of allylic oxidation sites excluding steroid dienone is 10. The molecule has 0 bridgehead atoms. The van der Waals surface area contributed by atoms with E-state index in [0.29, 0.717) is 33.5 Å². The van der Waals surface area contributed by atoms with E-state index >= 15 is 0 Å². The third-order valence-corrected chi connectivity index (χ3v) is 12.8. The normalized spacial score (nSPS) is 24.4. The van der Waals surface area contributed by atoms with Crippen molar-refractivity contribution >= 4 is 33.8 Å². The Labute approximate surface area is 293 Å². The lowest BCUT2D eigenvalue weighted by Gasteiger charge is -2.58. The molecule has 2 aliphatic carbocycles. The largest absolute Gasteiger partial charge is 0.354 e. The molecule has 0 heterocycles. The van der Waals surface area contributed by atoms with E-state index in [1.54, 1.807) is 0 Å². The predicted molar refractivity (Wildman–Crippen MR) is 217 cm³/mol. The van der Waals surface area contributed by atoms with E-state index < -0.39 is 0 Å². The van der Waals surface area contributed by atoms with Crippen LogP contribution in [0.4, 0.5) is 0 Å². The minimum Gasteiger partial charge on any atom is -0.354 e. The van der Waals surface area contributed by atoms with E-state index in [4.69, 9.17) is 4.52 Å². The van der Waals surface area contributed by atoms with Gasteiger partial charge in [-0.15, -0.1) is 0 Å². The maximum Gasteiger partial charge on any atom is 0.178 e. The van der Waals surface area contributed by atoms with Gasteiger partial charge in [0, 0.05) is 8.50 Å². The smallest absolute Gasteiger partial charge is 0.178 e. The molecule has 2 rings (SSSR count). The lowest BCUT2D eigenvalue weighted by Crippen LogP contribution is -2.49. The fourth-order valence-corrected chi connectivity index (χ4v) is 9.24. The maximum atomic E-state index is 10.4. The van der Waals surface area contributed by atoms with Crippen molar-refractivity contribution in [1.29, 1.82) is 0 Å². The molecule has 6 heteroatoms. The van der Waals surface area contributed by atoms with Gasteiger partial charge in [-0.3, -0.25) is 4.57 Å². The first-order valence-corrected chi connectivity index (χ1v) is 23.4. The van der Waals surface area contributed by atoms with Crippen LogP contribution >= 0.6 is 33.8 Å². The summed E-state index contributed by atoms with van der Waals surface area (Å²) in [5.41, 5.74) is 9.80. The zero-order valence-electron chi connectivity index (χ0n) is 31.2. The van der Waals surface area contributed by atoms with Crippen LogP contribution in [0.25, 0.3) is 0 Å². The van der Waals surface area contributed by atoms with Crippen LogP contribution in [0.1, 0.15) is 146 Å². The van der Waals surface area contributed by atoms with Crippen LogP contribution in [0, 0.1) is 22.7 Å². The average Bonchev–Trinajstić information content (AvgIpc) is 2.97. The van der Waals surface area contributed by atoms with Gasteiger partial charge in [-0.25, -0.2) is 0 Å². The predicted octanol–water partition coefficient (Wildman–Crippen LogP) is 14.9. The van der Waals surface area contributed by atoms with Crippen molar-refractivity contribution in [3.05, 3.63) is 70.4 Å². The van der Waals surface area contributed by atoms with E-state index in [0.717, 1.165) is 44.4 Å². The van der Waals surface area contributed by atoms with Crippen LogP contribution < -0.4 is 0 Å². The van der Waals surface area contributed by atoms with Gasteiger partial charge >= 0.3 is 0 Å². The summed E-state index contributed by atoms with van der Waals surface area (Å²) in [4.78, 5) is 0. The highest BCUT2D eigenvalue weighted by Crippen LogP contribution is 2.61. The molecule has 0 aromatic carbocycles. The Morgan fingerprint density at radius 2 is 1.43 bits per heavy atom. The monoisotopic (exact) mass is 706 g/mol. The molecule has 6 atom stereocenters. The van der Waals surface area contributed by atoms with Crippen molar-refractivity contribution in [3.63, 3.8) is 0 Å². The molecule has 0 aliphatic heterocycles. The zero-order chi connectivity index (χ0) is 34.6. The van der Waals surface area contributed by atoms with Gasteiger partial charge in [-0.1, -0.05) is 107 Å². The lowest BCUT2D eigenvalue weighted by atomic mass is 9.47. The van der Waals surface area contributed by atoms with Gasteiger partial charge in [0.15, 0.2) is 8.15 Å². The molecule has 2 nitrogen and oxygen atoms in total. The summed E-state index contributed by atoms with van der Waals surface area (Å²) in [5.74, 6) is 1.57. The first-order valence-electron chi connectivity index (χ1n) is 17.8. The molecule has 0 saturated heterocycles. The summed E-state index contributed by atoms with van der Waals surface area (Å²) in [6, 6.07) is 0. The molecule has 0 amide bonds. The maximum absolute atomic E-state index is 10.4. The molecular formula is C40H70O2P4. The van der Waals surface area contributed by atoms with Gasteiger partial charge in [0.05, 0.1) is 6.61 Å². The SMILES string of the molecule is C=C1CCC2C(C)(C)CCC[C@]2(C)[C@@H]1CC/C(C)=C/COPP.CC(C)=CCC/C(C)=C\CC/C(C)=C/CC/C(C)=C\CPP=O. The van der Waals surface area contributed by atoms with E-state index in [9.17, 15) is 4.57 Å². The molecule has 46 heavy (non-hydrogen) atoms. The van der Waals surface area contributed by atoms with Gasteiger partial charge in [-0.2, -0.15) is 0 Å². The zero-order valence-corrected chi connectivity index (χ0v) is 35.2. The first kappa shape index (κ1) is 43.8. The topological polar surface area (TPSA) is 26.3 Å². The standard InChI is InChI=1S/C20H36OP2.C20H34OP2/c1-15(11-14-21-23-22)7-9-17-16(2)8-10-18-19(3,4)12-6-13-20(17,18)5;1-17(2)9-6-10-18(3)11-7-12-19(4)13-8-14-20(5)15-16-22-23-21/h11,17-18,23H,2,6-10,12-14,22H2,1,3-5H3;9,11,13,15,22H,6-8,10,12,14,16H2,1-5H3/b15-11+;18-11-,19-13+,20-15-/t17-,18?,20-;/m1./s1. The van der Waals surface area contributed by atoms with E-state index in [-0.39, 0.29) is 8.15 Å².